The lowest BCUT2D eigenvalue weighted by Gasteiger charge is -2.08. The number of benzene rings is 1. The summed E-state index contributed by atoms with van der Waals surface area (Å²) in [6, 6.07) is 4.67. The van der Waals surface area contributed by atoms with E-state index in [9.17, 15) is 9.90 Å². The molecule has 0 heterocycles. The molecule has 0 aliphatic carbocycles. The van der Waals surface area contributed by atoms with E-state index in [0.29, 0.717) is 0 Å². The highest BCUT2D eigenvalue weighted by Gasteiger charge is 2.13. The van der Waals surface area contributed by atoms with E-state index in [1.54, 1.807) is 12.1 Å². The number of ether oxygens (including phenoxy) is 1. The van der Waals surface area contributed by atoms with Crippen LogP contribution in [0.3, 0.4) is 0 Å². The average molecular weight is 204 g/mol. The Bertz CT molecular complexity index is 415. The third kappa shape index (κ3) is 2.29. The number of methoxy groups -OCH3 is 1. The molecule has 0 spiro atoms. The van der Waals surface area contributed by atoms with Crippen molar-refractivity contribution in [2.45, 2.75) is 12.8 Å². The Labute approximate surface area is 88.7 Å². The number of carbonyl (C=O) groups excluding carboxylic acids is 1. The molecule has 78 valence electrons. The Hall–Kier alpha value is -1.95. The zero-order valence-corrected chi connectivity index (χ0v) is 8.65. The second kappa shape index (κ2) is 4.52. The van der Waals surface area contributed by atoms with Crippen LogP contribution in [0.1, 0.15) is 28.8 Å². The van der Waals surface area contributed by atoms with Gasteiger partial charge in [0.2, 0.25) is 0 Å². The predicted octanol–water partition coefficient (Wildman–Crippen LogP) is 1.92. The van der Waals surface area contributed by atoms with Crippen LogP contribution in [-0.2, 0) is 4.74 Å². The second-order valence-electron chi connectivity index (χ2n) is 3.16. The van der Waals surface area contributed by atoms with Crippen LogP contribution in [0.25, 0.3) is 0 Å². The fourth-order valence-corrected chi connectivity index (χ4v) is 1.19. The van der Waals surface area contributed by atoms with Gasteiger partial charge >= 0.3 is 5.97 Å². The molecule has 0 amide bonds. The van der Waals surface area contributed by atoms with Crippen LogP contribution in [0.2, 0.25) is 0 Å². The quantitative estimate of drug-likeness (QED) is 0.591. The van der Waals surface area contributed by atoms with E-state index in [1.165, 1.54) is 13.2 Å². The number of aromatic hydroxyl groups is 1. The number of phenolic OH excluding ortho intramolecular Hbond substituents is 1. The monoisotopic (exact) mass is 204 g/mol. The Kier molecular flexibility index (Phi) is 3.35. The minimum atomic E-state index is -0.571. The van der Waals surface area contributed by atoms with Gasteiger partial charge < -0.3 is 9.84 Å². The summed E-state index contributed by atoms with van der Waals surface area (Å²) in [6.45, 7) is 1.84. The maximum absolute atomic E-state index is 11.3. The Morgan fingerprint density at radius 1 is 1.60 bits per heavy atom. The molecule has 1 rings (SSSR count). The van der Waals surface area contributed by atoms with Crippen molar-refractivity contribution in [3.8, 4) is 18.1 Å². The van der Waals surface area contributed by atoms with Crippen LogP contribution in [0.15, 0.2) is 18.2 Å². The molecule has 0 aliphatic heterocycles. The largest absolute Gasteiger partial charge is 0.507 e. The molecule has 0 saturated carbocycles. The highest BCUT2D eigenvalue weighted by atomic mass is 16.5. The molecule has 1 N–H and O–H groups in total. The van der Waals surface area contributed by atoms with Gasteiger partial charge in [0.25, 0.3) is 0 Å². The Balaban J connectivity index is 3.18. The van der Waals surface area contributed by atoms with E-state index >= 15 is 0 Å². The van der Waals surface area contributed by atoms with Gasteiger partial charge in [-0.3, -0.25) is 0 Å². The van der Waals surface area contributed by atoms with Gasteiger partial charge in [-0.2, -0.15) is 0 Å². The molecule has 1 unspecified atom stereocenters. The molecule has 0 saturated heterocycles. The lowest BCUT2D eigenvalue weighted by molar-refractivity contribution is 0.0597. The van der Waals surface area contributed by atoms with Gasteiger partial charge in [0, 0.05) is 5.92 Å². The van der Waals surface area contributed by atoms with Crippen LogP contribution < -0.4 is 0 Å². The smallest absolute Gasteiger partial charge is 0.341 e. The molecule has 1 aromatic carbocycles. The van der Waals surface area contributed by atoms with Gasteiger partial charge in [-0.25, -0.2) is 4.79 Å². The van der Waals surface area contributed by atoms with Crippen LogP contribution in [0.4, 0.5) is 0 Å². The third-order valence-electron chi connectivity index (χ3n) is 2.18. The fraction of sp³-hybridized carbons (Fsp3) is 0.250. The molecule has 0 fully saturated rings. The molecule has 3 nitrogen and oxygen atoms in total. The zero-order chi connectivity index (χ0) is 11.4. The maximum Gasteiger partial charge on any atom is 0.341 e. The van der Waals surface area contributed by atoms with Gasteiger partial charge in [-0.1, -0.05) is 12.0 Å². The first-order valence-electron chi connectivity index (χ1n) is 4.47. The standard InChI is InChI=1S/C12H12O3/c1-4-8(2)9-5-6-11(13)10(7-9)12(14)15-3/h1,5-8,13H,2-3H3. The summed E-state index contributed by atoms with van der Waals surface area (Å²) in [7, 11) is 1.26. The minimum absolute atomic E-state index is 0.102. The van der Waals surface area contributed by atoms with Crippen LogP contribution in [0.5, 0.6) is 5.75 Å². The van der Waals surface area contributed by atoms with E-state index in [-0.39, 0.29) is 17.2 Å². The summed E-state index contributed by atoms with van der Waals surface area (Å²) in [5.74, 6) is 1.78. The molecular weight excluding hydrogens is 192 g/mol. The second-order valence-corrected chi connectivity index (χ2v) is 3.16. The first-order valence-corrected chi connectivity index (χ1v) is 4.47. The predicted molar refractivity (Wildman–Crippen MR) is 56.7 cm³/mol. The SMILES string of the molecule is C#CC(C)c1ccc(O)c(C(=O)OC)c1. The van der Waals surface area contributed by atoms with Crippen molar-refractivity contribution in [2.75, 3.05) is 7.11 Å². The highest BCUT2D eigenvalue weighted by Crippen LogP contribution is 2.23. The molecule has 0 bridgehead atoms. The summed E-state index contributed by atoms with van der Waals surface area (Å²) < 4.78 is 4.53. The summed E-state index contributed by atoms with van der Waals surface area (Å²) >= 11 is 0. The van der Waals surface area contributed by atoms with Gasteiger partial charge in [-0.05, 0) is 24.6 Å². The number of phenols is 1. The first kappa shape index (κ1) is 11.1. The zero-order valence-electron chi connectivity index (χ0n) is 8.65. The summed E-state index contributed by atoms with van der Waals surface area (Å²) in [5, 5.41) is 9.44. The van der Waals surface area contributed by atoms with Crippen molar-refractivity contribution < 1.29 is 14.6 Å². The average Bonchev–Trinajstić information content (AvgIpc) is 2.27. The summed E-state index contributed by atoms with van der Waals surface area (Å²) in [6.07, 6.45) is 5.27. The van der Waals surface area contributed by atoms with Crippen LogP contribution >= 0.6 is 0 Å². The number of carbonyl (C=O) groups is 1. The van der Waals surface area contributed by atoms with Crippen molar-refractivity contribution in [1.29, 1.82) is 0 Å². The number of esters is 1. The van der Waals surface area contributed by atoms with Crippen LogP contribution in [-0.4, -0.2) is 18.2 Å². The number of hydrogen-bond donors (Lipinski definition) is 1. The van der Waals surface area contributed by atoms with Gasteiger partial charge in [0.1, 0.15) is 11.3 Å². The van der Waals surface area contributed by atoms with Gasteiger partial charge in [0.05, 0.1) is 7.11 Å². The van der Waals surface area contributed by atoms with Crippen molar-refractivity contribution in [1.82, 2.24) is 0 Å². The molecular formula is C12H12O3. The Morgan fingerprint density at radius 3 is 2.80 bits per heavy atom. The molecule has 0 radical (unpaired) electrons. The Morgan fingerprint density at radius 2 is 2.27 bits per heavy atom. The third-order valence-corrected chi connectivity index (χ3v) is 2.18. The van der Waals surface area contributed by atoms with Gasteiger partial charge in [0.15, 0.2) is 0 Å². The summed E-state index contributed by atoms with van der Waals surface area (Å²) in [4.78, 5) is 11.3. The molecule has 3 heteroatoms. The normalized spacial score (nSPS) is 11.5. The maximum atomic E-state index is 11.3. The number of hydrogen-bond acceptors (Lipinski definition) is 3. The molecule has 1 atom stereocenters. The molecule has 0 aliphatic rings. The van der Waals surface area contributed by atoms with E-state index in [2.05, 4.69) is 10.7 Å². The molecule has 15 heavy (non-hydrogen) atoms. The van der Waals surface area contributed by atoms with Crippen LogP contribution in [0, 0.1) is 12.3 Å². The lowest BCUT2D eigenvalue weighted by atomic mass is 9.99. The van der Waals surface area contributed by atoms with E-state index in [4.69, 9.17) is 6.42 Å². The highest BCUT2D eigenvalue weighted by molar-refractivity contribution is 5.92. The first-order chi connectivity index (χ1) is 7.10. The van der Waals surface area contributed by atoms with Gasteiger partial charge in [-0.15, -0.1) is 6.42 Å². The van der Waals surface area contributed by atoms with E-state index in [1.807, 2.05) is 6.92 Å². The van der Waals surface area contributed by atoms with Crippen molar-refractivity contribution in [3.05, 3.63) is 29.3 Å². The number of terminal acetylenes is 1. The number of rotatable bonds is 2. The van der Waals surface area contributed by atoms with E-state index in [0.717, 1.165) is 5.56 Å². The van der Waals surface area contributed by atoms with Crippen molar-refractivity contribution in [2.24, 2.45) is 0 Å². The minimum Gasteiger partial charge on any atom is -0.507 e. The summed E-state index contributed by atoms with van der Waals surface area (Å²) in [5.41, 5.74) is 0.938. The molecule has 0 aromatic heterocycles. The molecule has 1 aromatic rings. The topological polar surface area (TPSA) is 46.5 Å². The van der Waals surface area contributed by atoms with E-state index < -0.39 is 5.97 Å². The van der Waals surface area contributed by atoms with Crippen molar-refractivity contribution in [3.63, 3.8) is 0 Å². The fourth-order valence-electron chi connectivity index (χ4n) is 1.19. The van der Waals surface area contributed by atoms with Crippen molar-refractivity contribution >= 4 is 5.97 Å². The lowest BCUT2D eigenvalue weighted by Crippen LogP contribution is -2.03.